The van der Waals surface area contributed by atoms with Gasteiger partial charge >= 0.3 is 5.91 Å². The molecule has 0 spiro atoms. The van der Waals surface area contributed by atoms with E-state index in [1.165, 1.54) is 5.39 Å². The van der Waals surface area contributed by atoms with Crippen molar-refractivity contribution in [1.82, 2.24) is 5.43 Å². The van der Waals surface area contributed by atoms with Crippen molar-refractivity contribution in [2.45, 2.75) is 6.61 Å². The monoisotopic (exact) mass is 576 g/mol. The molecular weight excluding hydrogens is 560 g/mol. The van der Waals surface area contributed by atoms with Crippen molar-refractivity contribution < 1.29 is 13.9 Å². The number of hydrogen-bond donors (Lipinski definition) is 1. The lowest BCUT2D eigenvalue weighted by Crippen LogP contribution is -2.16. The highest BCUT2D eigenvalue weighted by atomic mass is 79.9. The molecule has 4 aromatic carbocycles. The second-order valence-electron chi connectivity index (χ2n) is 7.60. The Morgan fingerprint density at radius 1 is 0.912 bits per heavy atom. The Morgan fingerprint density at radius 2 is 1.71 bits per heavy atom. The number of nitrogens with one attached hydrogen (secondary N) is 1. The number of benzene rings is 4. The molecule has 0 saturated heterocycles. The maximum Gasteiger partial charge on any atom is 0.307 e. The molecule has 7 heteroatoms. The molecule has 0 bridgehead atoms. The molecule has 1 N–H and O–H groups in total. The molecule has 5 aromatic rings. The van der Waals surface area contributed by atoms with E-state index in [4.69, 9.17) is 9.15 Å². The summed E-state index contributed by atoms with van der Waals surface area (Å²) in [6.45, 7) is 0.407. The molecule has 1 heterocycles. The molecule has 0 radical (unpaired) electrons. The molecule has 0 aliphatic carbocycles. The fraction of sp³-hybridized carbons (Fsp3) is 0.0370. The first-order chi connectivity index (χ1) is 16.6. The number of hydrogen-bond acceptors (Lipinski definition) is 4. The molecule has 5 nitrogen and oxygen atoms in total. The molecule has 0 atom stereocenters. The van der Waals surface area contributed by atoms with Gasteiger partial charge in [-0.15, -0.1) is 0 Å². The minimum Gasteiger partial charge on any atom is -0.488 e. The summed E-state index contributed by atoms with van der Waals surface area (Å²) < 4.78 is 13.5. The summed E-state index contributed by atoms with van der Waals surface area (Å²) >= 11 is 6.90. The van der Waals surface area contributed by atoms with Crippen LogP contribution in [0.15, 0.2) is 103 Å². The van der Waals surface area contributed by atoms with Gasteiger partial charge in [-0.3, -0.25) is 4.79 Å². The highest BCUT2D eigenvalue weighted by Gasteiger charge is 2.12. The second-order valence-corrected chi connectivity index (χ2v) is 9.43. The zero-order chi connectivity index (χ0) is 23.5. The van der Waals surface area contributed by atoms with Crippen molar-refractivity contribution in [3.05, 3.63) is 111 Å². The Bertz CT molecular complexity index is 1540. The summed E-state index contributed by atoms with van der Waals surface area (Å²) in [6.07, 6.45) is 1.56. The molecule has 0 unspecified atom stereocenters. The van der Waals surface area contributed by atoms with Gasteiger partial charge in [-0.05, 0) is 58.8 Å². The molecular formula is C27H18Br2N2O3. The van der Waals surface area contributed by atoms with Crippen molar-refractivity contribution in [1.29, 1.82) is 0 Å². The summed E-state index contributed by atoms with van der Waals surface area (Å²) in [4.78, 5) is 12.5. The van der Waals surface area contributed by atoms with Gasteiger partial charge in [0, 0.05) is 19.9 Å². The minimum atomic E-state index is -0.434. The molecule has 0 aliphatic heterocycles. The van der Waals surface area contributed by atoms with Crippen LogP contribution in [0.25, 0.3) is 21.7 Å². The van der Waals surface area contributed by atoms with Crippen LogP contribution < -0.4 is 10.2 Å². The SMILES string of the molecule is O=C(N/N=C/c1cc(Br)ccc1OCc1cccc2ccccc12)c1cc2cc(Br)ccc2o1. The van der Waals surface area contributed by atoms with Crippen LogP contribution in [0.1, 0.15) is 21.7 Å². The van der Waals surface area contributed by atoms with Crippen LogP contribution in [0.5, 0.6) is 5.75 Å². The lowest BCUT2D eigenvalue weighted by molar-refractivity contribution is 0.0929. The fourth-order valence-corrected chi connectivity index (χ4v) is 4.42. The smallest absolute Gasteiger partial charge is 0.307 e. The van der Waals surface area contributed by atoms with E-state index in [2.05, 4.69) is 66.7 Å². The minimum absolute atomic E-state index is 0.187. The summed E-state index contributed by atoms with van der Waals surface area (Å²) in [5.74, 6) is 0.409. The van der Waals surface area contributed by atoms with Gasteiger partial charge in [0.2, 0.25) is 0 Å². The molecule has 0 fully saturated rings. The topological polar surface area (TPSA) is 63.8 Å². The van der Waals surface area contributed by atoms with Gasteiger partial charge in [-0.1, -0.05) is 74.3 Å². The van der Waals surface area contributed by atoms with Crippen LogP contribution in [0, 0.1) is 0 Å². The first-order valence-electron chi connectivity index (χ1n) is 10.5. The number of fused-ring (bicyclic) bond motifs is 2. The molecule has 1 amide bonds. The zero-order valence-corrected chi connectivity index (χ0v) is 21.0. The number of rotatable bonds is 6. The molecule has 0 aliphatic rings. The third-order valence-corrected chi connectivity index (χ3v) is 6.29. The third-order valence-electron chi connectivity index (χ3n) is 5.31. The van der Waals surface area contributed by atoms with Crippen molar-refractivity contribution in [2.75, 3.05) is 0 Å². The number of carbonyl (C=O) groups is 1. The van der Waals surface area contributed by atoms with E-state index in [-0.39, 0.29) is 5.76 Å². The molecule has 168 valence electrons. The van der Waals surface area contributed by atoms with E-state index in [0.29, 0.717) is 17.9 Å². The van der Waals surface area contributed by atoms with Crippen molar-refractivity contribution in [2.24, 2.45) is 5.10 Å². The van der Waals surface area contributed by atoms with Crippen molar-refractivity contribution >= 4 is 65.7 Å². The number of nitrogens with zero attached hydrogens (tertiary/aromatic N) is 1. The van der Waals surface area contributed by atoms with Gasteiger partial charge in [0.25, 0.3) is 0 Å². The number of furan rings is 1. The number of hydrazone groups is 1. The van der Waals surface area contributed by atoms with E-state index in [9.17, 15) is 4.79 Å². The fourth-order valence-electron chi connectivity index (χ4n) is 3.67. The quantitative estimate of drug-likeness (QED) is 0.168. The van der Waals surface area contributed by atoms with Crippen LogP contribution >= 0.6 is 31.9 Å². The summed E-state index contributed by atoms with van der Waals surface area (Å²) in [5.41, 5.74) is 4.97. The number of halogens is 2. The van der Waals surface area contributed by atoms with Crippen molar-refractivity contribution in [3.8, 4) is 5.75 Å². The first kappa shape index (κ1) is 22.4. The number of carbonyl (C=O) groups excluding carboxylic acids is 1. The Balaban J connectivity index is 1.31. The van der Waals surface area contributed by atoms with Crippen LogP contribution in [0.3, 0.4) is 0 Å². The highest BCUT2D eigenvalue weighted by Crippen LogP contribution is 2.26. The van der Waals surface area contributed by atoms with Crippen LogP contribution in [-0.2, 0) is 6.61 Å². The first-order valence-corrected chi connectivity index (χ1v) is 12.1. The Labute approximate surface area is 212 Å². The normalized spacial score (nSPS) is 11.4. The Morgan fingerprint density at radius 3 is 2.62 bits per heavy atom. The Hall–Kier alpha value is -3.42. The largest absolute Gasteiger partial charge is 0.488 e. The van der Waals surface area contributed by atoms with Gasteiger partial charge in [0.15, 0.2) is 5.76 Å². The van der Waals surface area contributed by atoms with Gasteiger partial charge < -0.3 is 9.15 Å². The second kappa shape index (κ2) is 9.83. The number of ether oxygens (including phenoxy) is 1. The van der Waals surface area contributed by atoms with E-state index in [1.54, 1.807) is 18.3 Å². The molecule has 34 heavy (non-hydrogen) atoms. The lowest BCUT2D eigenvalue weighted by atomic mass is 10.1. The third kappa shape index (κ3) is 4.90. The van der Waals surface area contributed by atoms with E-state index >= 15 is 0 Å². The maximum absolute atomic E-state index is 12.5. The number of amides is 1. The van der Waals surface area contributed by atoms with Crippen molar-refractivity contribution in [3.63, 3.8) is 0 Å². The molecule has 0 saturated carbocycles. The lowest BCUT2D eigenvalue weighted by Gasteiger charge is -2.11. The average molecular weight is 578 g/mol. The van der Waals surface area contributed by atoms with E-state index in [1.807, 2.05) is 48.5 Å². The average Bonchev–Trinajstić information content (AvgIpc) is 3.27. The summed E-state index contributed by atoms with van der Waals surface area (Å²) in [7, 11) is 0. The standard InChI is InChI=1S/C27H18Br2N2O3/c28-21-9-11-25-19(12-21)14-26(34-25)27(32)31-30-15-20-13-22(29)8-10-24(20)33-16-18-6-3-5-17-4-1-2-7-23(17)18/h1-15H,16H2,(H,31,32)/b30-15+. The van der Waals surface area contributed by atoms with Gasteiger partial charge in [0.05, 0.1) is 6.21 Å². The van der Waals surface area contributed by atoms with Crippen LogP contribution in [-0.4, -0.2) is 12.1 Å². The summed E-state index contributed by atoms with van der Waals surface area (Å²) in [5, 5.41) is 7.27. The molecule has 5 rings (SSSR count). The molecule has 1 aromatic heterocycles. The van der Waals surface area contributed by atoms with Gasteiger partial charge in [-0.25, -0.2) is 5.43 Å². The van der Waals surface area contributed by atoms with E-state index in [0.717, 1.165) is 30.8 Å². The van der Waals surface area contributed by atoms with E-state index < -0.39 is 5.91 Å². The Kier molecular flexibility index (Phi) is 6.47. The summed E-state index contributed by atoms with van der Waals surface area (Å²) in [6, 6.07) is 27.3. The predicted octanol–water partition coefficient (Wildman–Crippen LogP) is 7.45. The van der Waals surface area contributed by atoms with Gasteiger partial charge in [-0.2, -0.15) is 5.10 Å². The van der Waals surface area contributed by atoms with Crippen LogP contribution in [0.2, 0.25) is 0 Å². The van der Waals surface area contributed by atoms with Gasteiger partial charge in [0.1, 0.15) is 17.9 Å². The van der Waals surface area contributed by atoms with Crippen LogP contribution in [0.4, 0.5) is 0 Å². The highest BCUT2D eigenvalue weighted by molar-refractivity contribution is 9.10. The maximum atomic E-state index is 12.5. The predicted molar refractivity (Wildman–Crippen MR) is 141 cm³/mol. The zero-order valence-electron chi connectivity index (χ0n) is 17.8.